The van der Waals surface area contributed by atoms with E-state index in [-0.39, 0.29) is 28.5 Å². The molecule has 0 radical (unpaired) electrons. The molecule has 0 fully saturated rings. The van der Waals surface area contributed by atoms with Crippen LogP contribution in [0.5, 0.6) is 0 Å². The van der Waals surface area contributed by atoms with Crippen molar-refractivity contribution in [1.29, 1.82) is 0 Å². The average Bonchev–Trinajstić information content (AvgIpc) is 3.92. The molecule has 0 saturated carbocycles. The molecule has 310 valence electrons. The van der Waals surface area contributed by atoms with Crippen molar-refractivity contribution < 1.29 is 4.42 Å². The number of para-hydroxylation sites is 1. The van der Waals surface area contributed by atoms with Gasteiger partial charge in [-0.25, -0.2) is 0 Å². The Morgan fingerprint density at radius 2 is 1.27 bits per heavy atom. The van der Waals surface area contributed by atoms with Gasteiger partial charge in [0.05, 0.1) is 16.4 Å². The van der Waals surface area contributed by atoms with Gasteiger partial charge in [-0.1, -0.05) is 124 Å². The summed E-state index contributed by atoms with van der Waals surface area (Å²) in [5.41, 5.74) is 19.2. The van der Waals surface area contributed by atoms with Crippen LogP contribution in [0.3, 0.4) is 0 Å². The van der Waals surface area contributed by atoms with Crippen LogP contribution in [0.2, 0.25) is 0 Å². The van der Waals surface area contributed by atoms with Gasteiger partial charge in [0.15, 0.2) is 0 Å². The van der Waals surface area contributed by atoms with Crippen molar-refractivity contribution in [2.75, 3.05) is 4.81 Å². The van der Waals surface area contributed by atoms with E-state index in [1.165, 1.54) is 114 Å². The summed E-state index contributed by atoms with van der Waals surface area (Å²) >= 11 is 1.92. The van der Waals surface area contributed by atoms with Gasteiger partial charge in [-0.15, -0.1) is 11.3 Å². The zero-order valence-corrected chi connectivity index (χ0v) is 39.0. The Hall–Kier alpha value is -5.78. The minimum absolute atomic E-state index is 0.0418. The molecule has 0 atom stereocenters. The molecule has 0 N–H and O–H groups in total. The highest BCUT2D eigenvalue weighted by Crippen LogP contribution is 2.54. The van der Waals surface area contributed by atoms with Crippen LogP contribution in [0.4, 0.5) is 11.4 Å². The first kappa shape index (κ1) is 37.8. The van der Waals surface area contributed by atoms with Crippen LogP contribution >= 0.6 is 11.3 Å². The fourth-order valence-corrected chi connectivity index (χ4v) is 13.1. The maximum absolute atomic E-state index is 7.30. The second kappa shape index (κ2) is 12.1. The molecule has 0 amide bonds. The van der Waals surface area contributed by atoms with Crippen LogP contribution < -0.4 is 15.7 Å². The third-order valence-electron chi connectivity index (χ3n) is 15.5. The predicted octanol–water partition coefficient (Wildman–Crippen LogP) is 15.2. The van der Waals surface area contributed by atoms with Crippen molar-refractivity contribution in [2.24, 2.45) is 0 Å². The molecule has 5 heterocycles. The molecule has 2 aliphatic heterocycles. The van der Waals surface area contributed by atoms with E-state index in [0.717, 1.165) is 24.0 Å². The van der Waals surface area contributed by atoms with E-state index in [1.54, 1.807) is 0 Å². The molecule has 3 nitrogen and oxygen atoms in total. The number of aromatic nitrogens is 1. The molecule has 10 aromatic rings. The highest BCUT2D eigenvalue weighted by molar-refractivity contribution is 7.26. The highest BCUT2D eigenvalue weighted by atomic mass is 32.1. The summed E-state index contributed by atoms with van der Waals surface area (Å²) in [5, 5.41) is 7.59. The normalized spacial score (nSPS) is 16.5. The number of nitrogens with zero attached hydrogens (tertiary/aromatic N) is 2. The highest BCUT2D eigenvalue weighted by Gasteiger charge is 2.47. The van der Waals surface area contributed by atoms with Crippen LogP contribution in [0, 0.1) is 0 Å². The van der Waals surface area contributed by atoms with E-state index in [2.05, 4.69) is 194 Å². The molecule has 13 rings (SSSR count). The molecule has 63 heavy (non-hydrogen) atoms. The van der Waals surface area contributed by atoms with Gasteiger partial charge in [-0.05, 0) is 134 Å². The Morgan fingerprint density at radius 3 is 2.00 bits per heavy atom. The molecule has 0 bridgehead atoms. The molecular formula is C58H53BN2OS. The van der Waals surface area contributed by atoms with E-state index >= 15 is 0 Å². The summed E-state index contributed by atoms with van der Waals surface area (Å²) in [6.45, 7) is 23.7. The second-order valence-corrected chi connectivity index (χ2v) is 23.5. The lowest BCUT2D eigenvalue weighted by Crippen LogP contribution is -2.60. The number of fused-ring (bicyclic) bond motifs is 17. The van der Waals surface area contributed by atoms with Crippen LogP contribution in [-0.4, -0.2) is 11.4 Å². The number of furan rings is 1. The van der Waals surface area contributed by atoms with Gasteiger partial charge in [0, 0.05) is 59.0 Å². The van der Waals surface area contributed by atoms with Crippen molar-refractivity contribution in [3.8, 4) is 16.8 Å². The maximum atomic E-state index is 7.30. The number of rotatable bonds is 1. The Balaban J connectivity index is 1.29. The molecular weight excluding hydrogens is 784 g/mol. The topological polar surface area (TPSA) is 21.3 Å². The van der Waals surface area contributed by atoms with Crippen LogP contribution in [0.15, 0.2) is 120 Å². The van der Waals surface area contributed by atoms with Crippen LogP contribution in [-0.2, 0) is 21.7 Å². The van der Waals surface area contributed by atoms with Crippen LogP contribution in [0.25, 0.3) is 80.7 Å². The number of benzene rings is 7. The first-order valence-corrected chi connectivity index (χ1v) is 23.8. The largest absolute Gasteiger partial charge is 0.455 e. The molecule has 0 spiro atoms. The molecule has 7 aromatic carbocycles. The molecule has 3 aliphatic rings. The smallest absolute Gasteiger partial charge is 0.333 e. The Morgan fingerprint density at radius 1 is 0.603 bits per heavy atom. The molecule has 5 heteroatoms. The third-order valence-corrected chi connectivity index (χ3v) is 16.7. The van der Waals surface area contributed by atoms with Crippen molar-refractivity contribution in [1.82, 2.24) is 4.57 Å². The standard InChI is InChI=1S/C58H53BN2OS/c1-55(2,3)32-19-22-34(23-20-32)61-43-24-21-33(56(4,5)6)27-38(43)49-50-36-16-11-13-17-46(36)62-54(50)51-39-28-40-41(58(9,10)26-25-57(40,7)8)30-44(39)60-45-29-37-35-15-12-14-18-47(35)63-48(37)31-42(45)59(61)52(49)53(51)60/h11-24,27-31H,25-26H2,1-10H3. The lowest BCUT2D eigenvalue weighted by atomic mass is 9.43. The van der Waals surface area contributed by atoms with E-state index < -0.39 is 0 Å². The number of hydrogen-bond acceptors (Lipinski definition) is 3. The monoisotopic (exact) mass is 836 g/mol. The molecule has 3 aromatic heterocycles. The van der Waals surface area contributed by atoms with Crippen molar-refractivity contribution in [3.05, 3.63) is 138 Å². The summed E-state index contributed by atoms with van der Waals surface area (Å²) in [5.74, 6) is 0. The van der Waals surface area contributed by atoms with Gasteiger partial charge in [-0.2, -0.15) is 0 Å². The Labute approximate surface area is 374 Å². The fraction of sp³-hybridized carbons (Fsp3) is 0.276. The first-order valence-electron chi connectivity index (χ1n) is 23.0. The van der Waals surface area contributed by atoms with E-state index in [4.69, 9.17) is 4.42 Å². The minimum atomic E-state index is -0.0991. The van der Waals surface area contributed by atoms with Crippen molar-refractivity contribution in [3.63, 3.8) is 0 Å². The SMILES string of the molecule is CC(C)(C)c1ccc(N2B3c4cc5sc6ccccc6c5cc4-n4c5cc6c(cc5c5c7oc8ccccc8c7c(c3c54)-c3cc(C(C)(C)C)ccc32)C(C)(C)CCC6(C)C)cc1. The summed E-state index contributed by atoms with van der Waals surface area (Å²) in [7, 11) is 0. The predicted molar refractivity (Wildman–Crippen MR) is 273 cm³/mol. The fourth-order valence-electron chi connectivity index (χ4n) is 11.9. The zero-order chi connectivity index (χ0) is 43.3. The quantitative estimate of drug-likeness (QED) is 0.154. The van der Waals surface area contributed by atoms with Gasteiger partial charge in [0.2, 0.25) is 0 Å². The lowest BCUT2D eigenvalue weighted by Gasteiger charge is -2.43. The number of anilines is 2. The van der Waals surface area contributed by atoms with Gasteiger partial charge >= 0.3 is 6.85 Å². The average molecular weight is 837 g/mol. The van der Waals surface area contributed by atoms with E-state index in [1.807, 2.05) is 11.3 Å². The third kappa shape index (κ3) is 4.98. The summed E-state index contributed by atoms with van der Waals surface area (Å²) in [6, 6.07) is 44.9. The summed E-state index contributed by atoms with van der Waals surface area (Å²) in [4.78, 5) is 2.69. The summed E-state index contributed by atoms with van der Waals surface area (Å²) in [6.07, 6.45) is 2.33. The van der Waals surface area contributed by atoms with Gasteiger partial charge in [0.25, 0.3) is 0 Å². The number of thiophene rings is 1. The molecule has 0 unspecified atom stereocenters. The van der Waals surface area contributed by atoms with Crippen molar-refractivity contribution >= 4 is 104 Å². The Bertz CT molecular complexity index is 3650. The lowest BCUT2D eigenvalue weighted by molar-refractivity contribution is 0.332. The zero-order valence-electron chi connectivity index (χ0n) is 38.2. The summed E-state index contributed by atoms with van der Waals surface area (Å²) < 4.78 is 12.6. The molecule has 1 aliphatic carbocycles. The van der Waals surface area contributed by atoms with E-state index in [9.17, 15) is 0 Å². The minimum Gasteiger partial charge on any atom is -0.455 e. The van der Waals surface area contributed by atoms with Gasteiger partial charge < -0.3 is 13.8 Å². The number of hydrogen-bond donors (Lipinski definition) is 0. The maximum Gasteiger partial charge on any atom is 0.333 e. The first-order chi connectivity index (χ1) is 30.0. The van der Waals surface area contributed by atoms with Crippen molar-refractivity contribution in [2.45, 2.75) is 104 Å². The van der Waals surface area contributed by atoms with E-state index in [0.29, 0.717) is 0 Å². The van der Waals surface area contributed by atoms with Crippen LogP contribution in [0.1, 0.15) is 104 Å². The Kier molecular flexibility index (Phi) is 7.23. The molecule has 0 saturated heterocycles. The van der Waals surface area contributed by atoms with Gasteiger partial charge in [-0.3, -0.25) is 0 Å². The second-order valence-electron chi connectivity index (χ2n) is 22.4. The van der Waals surface area contributed by atoms with Gasteiger partial charge in [0.1, 0.15) is 11.2 Å².